The van der Waals surface area contributed by atoms with E-state index in [-0.39, 0.29) is 24.8 Å². The molecule has 2 aromatic rings. The summed E-state index contributed by atoms with van der Waals surface area (Å²) in [6, 6.07) is 11.6. The molecule has 1 heterocycles. The van der Waals surface area contributed by atoms with E-state index in [1.807, 2.05) is 23.1 Å². The second-order valence-electron chi connectivity index (χ2n) is 6.73. The number of nitrogens with one attached hydrogen (secondary N) is 2. The highest BCUT2D eigenvalue weighted by Gasteiger charge is 2.19. The number of carbonyl (C=O) groups is 2. The Morgan fingerprint density at radius 2 is 1.76 bits per heavy atom. The van der Waals surface area contributed by atoms with E-state index >= 15 is 0 Å². The van der Waals surface area contributed by atoms with Crippen molar-refractivity contribution in [3.05, 3.63) is 52.0 Å². The van der Waals surface area contributed by atoms with E-state index in [2.05, 4.69) is 32.8 Å². The van der Waals surface area contributed by atoms with Crippen molar-refractivity contribution in [3.8, 4) is 11.5 Å². The highest BCUT2D eigenvalue weighted by molar-refractivity contribution is 9.10. The van der Waals surface area contributed by atoms with Crippen LogP contribution in [-0.2, 0) is 22.4 Å². The van der Waals surface area contributed by atoms with Crippen LogP contribution >= 0.6 is 15.9 Å². The van der Waals surface area contributed by atoms with Crippen molar-refractivity contribution in [2.45, 2.75) is 19.3 Å². The fourth-order valence-electron chi connectivity index (χ4n) is 3.38. The molecule has 0 radical (unpaired) electrons. The molecule has 2 N–H and O–H groups in total. The van der Waals surface area contributed by atoms with Gasteiger partial charge in [0.1, 0.15) is 0 Å². The normalized spacial score (nSPS) is 12.7. The van der Waals surface area contributed by atoms with Crippen LogP contribution in [0.1, 0.15) is 17.5 Å². The zero-order valence-corrected chi connectivity index (χ0v) is 18.0. The number of ether oxygens (including phenoxy) is 2. The van der Waals surface area contributed by atoms with Crippen LogP contribution in [0.4, 0.5) is 5.69 Å². The molecule has 8 heteroatoms. The number of anilines is 1. The minimum atomic E-state index is -0.328. The zero-order chi connectivity index (χ0) is 20.8. The molecule has 1 aliphatic heterocycles. The van der Waals surface area contributed by atoms with Crippen molar-refractivity contribution in [2.75, 3.05) is 32.2 Å². The van der Waals surface area contributed by atoms with Gasteiger partial charge in [0.05, 0.1) is 27.2 Å². The summed E-state index contributed by atoms with van der Waals surface area (Å²) in [7, 11) is 3.08. The Bertz CT molecular complexity index is 903. The van der Waals surface area contributed by atoms with Crippen LogP contribution in [0.2, 0.25) is 0 Å². The number of aryl methyl sites for hydroxylation is 1. The second kappa shape index (κ2) is 9.65. The maximum atomic E-state index is 12.3. The average molecular weight is 462 g/mol. The van der Waals surface area contributed by atoms with E-state index in [9.17, 15) is 9.59 Å². The first-order valence-corrected chi connectivity index (χ1v) is 10.1. The van der Waals surface area contributed by atoms with Gasteiger partial charge in [-0.3, -0.25) is 20.4 Å². The molecule has 0 saturated carbocycles. The molecular weight excluding hydrogens is 438 g/mol. The monoisotopic (exact) mass is 461 g/mol. The van der Waals surface area contributed by atoms with Gasteiger partial charge in [0, 0.05) is 16.7 Å². The quantitative estimate of drug-likeness (QED) is 0.646. The van der Waals surface area contributed by atoms with Crippen LogP contribution in [0.5, 0.6) is 11.5 Å². The van der Waals surface area contributed by atoms with Crippen LogP contribution in [0.25, 0.3) is 0 Å². The molecule has 0 atom stereocenters. The third-order valence-corrected chi connectivity index (χ3v) is 5.52. The number of hydrogen-bond acceptors (Lipinski definition) is 5. The predicted molar refractivity (Wildman–Crippen MR) is 114 cm³/mol. The van der Waals surface area contributed by atoms with Crippen molar-refractivity contribution in [1.29, 1.82) is 0 Å². The molecule has 29 heavy (non-hydrogen) atoms. The fourth-order valence-corrected chi connectivity index (χ4v) is 3.84. The summed E-state index contributed by atoms with van der Waals surface area (Å²) in [5.41, 5.74) is 8.02. The summed E-state index contributed by atoms with van der Waals surface area (Å²) in [5.74, 6) is 0.511. The summed E-state index contributed by atoms with van der Waals surface area (Å²) in [6.45, 7) is 1.01. The number of hydrazine groups is 1. The van der Waals surface area contributed by atoms with E-state index in [4.69, 9.17) is 9.47 Å². The summed E-state index contributed by atoms with van der Waals surface area (Å²) >= 11 is 3.43. The van der Waals surface area contributed by atoms with E-state index in [0.717, 1.165) is 35.1 Å². The summed E-state index contributed by atoms with van der Waals surface area (Å²) in [4.78, 5) is 26.6. The molecule has 1 aliphatic rings. The molecule has 154 valence electrons. The lowest BCUT2D eigenvalue weighted by Gasteiger charge is -2.30. The Hall–Kier alpha value is -2.74. The maximum Gasteiger partial charge on any atom is 0.257 e. The number of halogens is 1. The SMILES string of the molecule is COc1cc(Br)c(CC(=O)NNC(=O)CN2CCCc3ccccc32)cc1OC. The number of methoxy groups -OCH3 is 2. The number of nitrogens with zero attached hydrogens (tertiary/aromatic N) is 1. The van der Waals surface area contributed by atoms with Gasteiger partial charge in [-0.05, 0) is 42.2 Å². The molecule has 0 saturated heterocycles. The smallest absolute Gasteiger partial charge is 0.257 e. The standard InChI is InChI=1S/C21H24BrN3O4/c1-28-18-10-15(16(22)12-19(18)29-2)11-20(26)23-24-21(27)13-25-9-5-7-14-6-3-4-8-17(14)25/h3-4,6,8,10,12H,5,7,9,11,13H2,1-2H3,(H,23,26)(H,24,27). The molecule has 0 aromatic heterocycles. The number of rotatable bonds is 6. The van der Waals surface area contributed by atoms with Crippen molar-refractivity contribution in [3.63, 3.8) is 0 Å². The largest absolute Gasteiger partial charge is 0.493 e. The van der Waals surface area contributed by atoms with Gasteiger partial charge < -0.3 is 14.4 Å². The Morgan fingerprint density at radius 1 is 1.07 bits per heavy atom. The Morgan fingerprint density at radius 3 is 2.52 bits per heavy atom. The van der Waals surface area contributed by atoms with Gasteiger partial charge >= 0.3 is 0 Å². The minimum absolute atomic E-state index is 0.0771. The number of carbonyl (C=O) groups excluding carboxylic acids is 2. The van der Waals surface area contributed by atoms with Gasteiger partial charge in [-0.2, -0.15) is 0 Å². The van der Waals surface area contributed by atoms with E-state index in [1.165, 1.54) is 12.7 Å². The van der Waals surface area contributed by atoms with Gasteiger partial charge in [-0.15, -0.1) is 0 Å². The first kappa shape index (κ1) is 21.0. The fraction of sp³-hybridized carbons (Fsp3) is 0.333. The summed E-state index contributed by atoms with van der Waals surface area (Å²) < 4.78 is 11.2. The Labute approximate surface area is 178 Å². The number of benzene rings is 2. The summed E-state index contributed by atoms with van der Waals surface area (Å²) in [6.07, 6.45) is 2.10. The van der Waals surface area contributed by atoms with E-state index in [1.54, 1.807) is 19.2 Å². The maximum absolute atomic E-state index is 12.3. The molecule has 3 rings (SSSR count). The molecule has 2 amide bonds. The van der Waals surface area contributed by atoms with E-state index in [0.29, 0.717) is 11.5 Å². The van der Waals surface area contributed by atoms with Crippen LogP contribution in [0.3, 0.4) is 0 Å². The first-order chi connectivity index (χ1) is 14.0. The highest BCUT2D eigenvalue weighted by atomic mass is 79.9. The average Bonchev–Trinajstić information content (AvgIpc) is 2.73. The van der Waals surface area contributed by atoms with Gasteiger partial charge in [0.2, 0.25) is 5.91 Å². The van der Waals surface area contributed by atoms with Crippen LogP contribution < -0.4 is 25.2 Å². The van der Waals surface area contributed by atoms with Gasteiger partial charge in [-0.1, -0.05) is 34.1 Å². The Balaban J connectivity index is 1.54. The van der Waals surface area contributed by atoms with Crippen molar-refractivity contribution >= 4 is 33.4 Å². The number of fused-ring (bicyclic) bond motifs is 1. The van der Waals surface area contributed by atoms with Crippen LogP contribution in [-0.4, -0.2) is 39.1 Å². The molecule has 0 aliphatic carbocycles. The van der Waals surface area contributed by atoms with Crippen molar-refractivity contribution in [2.24, 2.45) is 0 Å². The lowest BCUT2D eigenvalue weighted by molar-refractivity contribution is -0.127. The third kappa shape index (κ3) is 5.20. The number of hydrogen-bond donors (Lipinski definition) is 2. The zero-order valence-electron chi connectivity index (χ0n) is 16.5. The lowest BCUT2D eigenvalue weighted by Crippen LogP contribution is -2.47. The summed E-state index contributed by atoms with van der Waals surface area (Å²) in [5, 5.41) is 0. The van der Waals surface area contributed by atoms with Crippen LogP contribution in [0, 0.1) is 0 Å². The minimum Gasteiger partial charge on any atom is -0.493 e. The number of para-hydroxylation sites is 1. The van der Waals surface area contributed by atoms with Crippen molar-refractivity contribution < 1.29 is 19.1 Å². The topological polar surface area (TPSA) is 79.9 Å². The molecular formula is C21H24BrN3O4. The lowest BCUT2D eigenvalue weighted by atomic mass is 10.0. The number of amides is 2. The molecule has 2 aromatic carbocycles. The Kier molecular flexibility index (Phi) is 6.98. The first-order valence-electron chi connectivity index (χ1n) is 9.32. The molecule has 0 fully saturated rings. The molecule has 0 spiro atoms. The van der Waals surface area contributed by atoms with E-state index < -0.39 is 0 Å². The predicted octanol–water partition coefficient (Wildman–Crippen LogP) is 2.61. The van der Waals surface area contributed by atoms with Crippen LogP contribution in [0.15, 0.2) is 40.9 Å². The molecule has 0 bridgehead atoms. The second-order valence-corrected chi connectivity index (χ2v) is 7.58. The third-order valence-electron chi connectivity index (χ3n) is 4.79. The van der Waals surface area contributed by atoms with Crippen molar-refractivity contribution in [1.82, 2.24) is 10.9 Å². The van der Waals surface area contributed by atoms with Gasteiger partial charge in [-0.25, -0.2) is 0 Å². The van der Waals surface area contributed by atoms with Gasteiger partial charge in [0.25, 0.3) is 5.91 Å². The van der Waals surface area contributed by atoms with Gasteiger partial charge in [0.15, 0.2) is 11.5 Å². The highest BCUT2D eigenvalue weighted by Crippen LogP contribution is 2.33. The molecule has 0 unspecified atom stereocenters. The molecule has 7 nitrogen and oxygen atoms in total.